The van der Waals surface area contributed by atoms with Gasteiger partial charge in [0, 0.05) is 43.5 Å². The fourth-order valence-electron chi connectivity index (χ4n) is 4.23. The van der Waals surface area contributed by atoms with Crippen LogP contribution in [0.15, 0.2) is 54.9 Å². The van der Waals surface area contributed by atoms with Crippen LogP contribution in [0.3, 0.4) is 0 Å². The van der Waals surface area contributed by atoms with Crippen molar-refractivity contribution in [3.05, 3.63) is 71.7 Å². The van der Waals surface area contributed by atoms with Crippen molar-refractivity contribution < 1.29 is 14.3 Å². The number of hydrogen-bond acceptors (Lipinski definition) is 7. The number of benzene rings is 1. The highest BCUT2D eigenvalue weighted by Crippen LogP contribution is 2.33. The predicted molar refractivity (Wildman–Crippen MR) is 125 cm³/mol. The minimum atomic E-state index is -0.358. The Hall–Kier alpha value is -3.98. The van der Waals surface area contributed by atoms with Gasteiger partial charge in [0.2, 0.25) is 0 Å². The summed E-state index contributed by atoms with van der Waals surface area (Å²) >= 11 is 0. The third kappa shape index (κ3) is 3.98. The van der Waals surface area contributed by atoms with E-state index < -0.39 is 0 Å². The number of rotatable bonds is 5. The summed E-state index contributed by atoms with van der Waals surface area (Å²) in [5.74, 6) is 0.555. The Bertz CT molecular complexity index is 1210. The Balaban J connectivity index is 1.38. The Labute approximate surface area is 191 Å². The average Bonchev–Trinajstić information content (AvgIpc) is 3.21. The number of methoxy groups -OCH3 is 1. The zero-order chi connectivity index (χ0) is 22.8. The number of hydrogen-bond donors (Lipinski definition) is 2. The molecule has 2 aliphatic heterocycles. The maximum absolute atomic E-state index is 13.1. The lowest BCUT2D eigenvalue weighted by atomic mass is 10.1. The van der Waals surface area contributed by atoms with Crippen molar-refractivity contribution in [3.63, 3.8) is 0 Å². The van der Waals surface area contributed by atoms with Gasteiger partial charge in [0.25, 0.3) is 11.8 Å². The molecule has 2 N–H and O–H groups in total. The number of nitrogens with one attached hydrogen (secondary N) is 2. The molecular formula is C24H24N6O3. The van der Waals surface area contributed by atoms with Gasteiger partial charge >= 0.3 is 0 Å². The van der Waals surface area contributed by atoms with Gasteiger partial charge in [0.1, 0.15) is 17.3 Å². The van der Waals surface area contributed by atoms with Crippen LogP contribution in [0.25, 0.3) is 0 Å². The van der Waals surface area contributed by atoms with Gasteiger partial charge in [-0.3, -0.25) is 19.5 Å². The molecule has 0 aliphatic carbocycles. The Kier molecular flexibility index (Phi) is 5.62. The van der Waals surface area contributed by atoms with Crippen LogP contribution in [-0.2, 0) is 6.54 Å². The number of carbonyl (C=O) groups is 2. The molecule has 0 atom stereocenters. The van der Waals surface area contributed by atoms with E-state index in [9.17, 15) is 9.59 Å². The SMILES string of the molecule is COc1cccc2c1CN(c1cccc(C(=O)Nc3cnccc3N3CCNCC3)n1)C2=O. The van der Waals surface area contributed by atoms with Gasteiger partial charge in [0.15, 0.2) is 0 Å². The highest BCUT2D eigenvalue weighted by molar-refractivity contribution is 6.10. The maximum Gasteiger partial charge on any atom is 0.274 e. The van der Waals surface area contributed by atoms with Crippen molar-refractivity contribution in [2.75, 3.05) is 48.4 Å². The van der Waals surface area contributed by atoms with Crippen LogP contribution in [0.2, 0.25) is 0 Å². The summed E-state index contributed by atoms with van der Waals surface area (Å²) in [6.07, 6.45) is 3.36. The van der Waals surface area contributed by atoms with E-state index in [1.54, 1.807) is 54.7 Å². The van der Waals surface area contributed by atoms with E-state index >= 15 is 0 Å². The second kappa shape index (κ2) is 8.87. The molecule has 33 heavy (non-hydrogen) atoms. The number of fused-ring (bicyclic) bond motifs is 1. The summed E-state index contributed by atoms with van der Waals surface area (Å²) in [5.41, 5.74) is 3.18. The maximum atomic E-state index is 13.1. The van der Waals surface area contributed by atoms with Crippen LogP contribution < -0.4 is 25.2 Å². The summed E-state index contributed by atoms with van der Waals surface area (Å²) in [7, 11) is 1.58. The number of aromatic nitrogens is 2. The van der Waals surface area contributed by atoms with Crippen molar-refractivity contribution in [3.8, 4) is 5.75 Å². The van der Waals surface area contributed by atoms with Gasteiger partial charge in [-0.1, -0.05) is 12.1 Å². The third-order valence-electron chi connectivity index (χ3n) is 5.89. The summed E-state index contributed by atoms with van der Waals surface area (Å²) in [6, 6.07) is 12.4. The highest BCUT2D eigenvalue weighted by Gasteiger charge is 2.32. The lowest BCUT2D eigenvalue weighted by molar-refractivity contribution is 0.0990. The molecule has 168 valence electrons. The van der Waals surface area contributed by atoms with Crippen molar-refractivity contribution in [2.24, 2.45) is 0 Å². The molecule has 0 spiro atoms. The van der Waals surface area contributed by atoms with E-state index in [0.717, 1.165) is 37.4 Å². The van der Waals surface area contributed by atoms with Gasteiger partial charge < -0.3 is 20.3 Å². The smallest absolute Gasteiger partial charge is 0.274 e. The summed E-state index contributed by atoms with van der Waals surface area (Å²) in [4.78, 5) is 38.5. The predicted octanol–water partition coefficient (Wildman–Crippen LogP) is 2.31. The fraction of sp³-hybridized carbons (Fsp3) is 0.250. The normalized spacial score (nSPS) is 15.4. The summed E-state index contributed by atoms with van der Waals surface area (Å²) < 4.78 is 5.40. The zero-order valence-corrected chi connectivity index (χ0v) is 18.2. The Morgan fingerprint density at radius 3 is 2.76 bits per heavy atom. The summed E-state index contributed by atoms with van der Waals surface area (Å²) in [6.45, 7) is 3.81. The molecule has 9 nitrogen and oxygen atoms in total. The second-order valence-corrected chi connectivity index (χ2v) is 7.84. The number of ether oxygens (including phenoxy) is 1. The van der Waals surface area contributed by atoms with Crippen LogP contribution in [0, 0.1) is 0 Å². The number of nitrogens with zero attached hydrogens (tertiary/aromatic N) is 4. The van der Waals surface area contributed by atoms with Gasteiger partial charge in [-0.15, -0.1) is 0 Å². The van der Waals surface area contributed by atoms with Crippen molar-refractivity contribution in [1.82, 2.24) is 15.3 Å². The molecule has 2 amide bonds. The average molecular weight is 444 g/mol. The molecule has 3 aromatic rings. The molecule has 4 heterocycles. The molecule has 0 bridgehead atoms. The Morgan fingerprint density at radius 2 is 1.94 bits per heavy atom. The number of carbonyl (C=O) groups excluding carboxylic acids is 2. The number of anilines is 3. The molecule has 9 heteroatoms. The van der Waals surface area contributed by atoms with Gasteiger partial charge in [-0.05, 0) is 30.3 Å². The minimum absolute atomic E-state index is 0.165. The Morgan fingerprint density at radius 1 is 1.12 bits per heavy atom. The third-order valence-corrected chi connectivity index (χ3v) is 5.89. The van der Waals surface area contributed by atoms with E-state index in [4.69, 9.17) is 4.74 Å². The van der Waals surface area contributed by atoms with E-state index in [-0.39, 0.29) is 17.5 Å². The first-order valence-electron chi connectivity index (χ1n) is 10.8. The highest BCUT2D eigenvalue weighted by atomic mass is 16.5. The van der Waals surface area contributed by atoms with Crippen LogP contribution in [0.1, 0.15) is 26.4 Å². The standard InChI is InChI=1S/C24H24N6O3/c1-33-21-6-2-4-16-17(21)15-30(24(16)32)22-7-3-5-18(27-22)23(31)28-19-14-26-9-8-20(19)29-12-10-25-11-13-29/h2-9,14,25H,10-13,15H2,1H3,(H,28,31). The fourth-order valence-corrected chi connectivity index (χ4v) is 4.23. The monoisotopic (exact) mass is 444 g/mol. The first kappa shape index (κ1) is 20.9. The lowest BCUT2D eigenvalue weighted by Gasteiger charge is -2.30. The molecule has 0 saturated carbocycles. The molecule has 5 rings (SSSR count). The van der Waals surface area contributed by atoms with Crippen molar-refractivity contribution in [2.45, 2.75) is 6.54 Å². The van der Waals surface area contributed by atoms with Crippen molar-refractivity contribution >= 4 is 29.0 Å². The van der Waals surface area contributed by atoms with Gasteiger partial charge in [-0.25, -0.2) is 4.98 Å². The first-order valence-corrected chi connectivity index (χ1v) is 10.8. The lowest BCUT2D eigenvalue weighted by Crippen LogP contribution is -2.43. The van der Waals surface area contributed by atoms with E-state index in [0.29, 0.717) is 29.4 Å². The minimum Gasteiger partial charge on any atom is -0.496 e. The van der Waals surface area contributed by atoms with Crippen LogP contribution in [-0.4, -0.2) is 55.1 Å². The van der Waals surface area contributed by atoms with E-state index in [1.807, 2.05) is 12.1 Å². The molecule has 0 radical (unpaired) electrons. The first-order chi connectivity index (χ1) is 16.2. The molecule has 1 fully saturated rings. The van der Waals surface area contributed by atoms with Crippen LogP contribution in [0.4, 0.5) is 17.2 Å². The van der Waals surface area contributed by atoms with Crippen molar-refractivity contribution in [1.29, 1.82) is 0 Å². The summed E-state index contributed by atoms with van der Waals surface area (Å²) in [5, 5.41) is 6.27. The van der Waals surface area contributed by atoms with E-state index in [1.165, 1.54) is 0 Å². The largest absolute Gasteiger partial charge is 0.496 e. The molecule has 0 unspecified atom stereocenters. The van der Waals surface area contributed by atoms with E-state index in [2.05, 4.69) is 25.5 Å². The quantitative estimate of drug-likeness (QED) is 0.623. The van der Waals surface area contributed by atoms with Crippen LogP contribution >= 0.6 is 0 Å². The van der Waals surface area contributed by atoms with Crippen LogP contribution in [0.5, 0.6) is 5.75 Å². The van der Waals surface area contributed by atoms with Gasteiger partial charge in [-0.2, -0.15) is 0 Å². The number of amides is 2. The zero-order valence-electron chi connectivity index (χ0n) is 18.2. The second-order valence-electron chi connectivity index (χ2n) is 7.84. The molecular weight excluding hydrogens is 420 g/mol. The molecule has 1 aromatic carbocycles. The molecule has 2 aromatic heterocycles. The molecule has 2 aliphatic rings. The number of piperazine rings is 1. The van der Waals surface area contributed by atoms with Gasteiger partial charge in [0.05, 0.1) is 31.2 Å². The topological polar surface area (TPSA) is 99.7 Å². The molecule has 1 saturated heterocycles. The number of pyridine rings is 2.